The number of nitrogens with one attached hydrogen (secondary N) is 1. The summed E-state index contributed by atoms with van der Waals surface area (Å²) in [4.78, 5) is 2.09. The SMILES string of the molecule is Cc1ccc(C(C)NC2(C(F)(F)F)CC2)s1. The van der Waals surface area contributed by atoms with E-state index in [9.17, 15) is 13.2 Å². The third-order valence-electron chi connectivity index (χ3n) is 2.97. The summed E-state index contributed by atoms with van der Waals surface area (Å²) in [7, 11) is 0. The third kappa shape index (κ3) is 2.11. The molecule has 1 heterocycles. The molecule has 1 N–H and O–H groups in total. The molecule has 1 saturated carbocycles. The van der Waals surface area contributed by atoms with E-state index >= 15 is 0 Å². The molecule has 0 aliphatic heterocycles. The highest BCUT2D eigenvalue weighted by Gasteiger charge is 2.63. The summed E-state index contributed by atoms with van der Waals surface area (Å²) in [5, 5.41) is 2.72. The topological polar surface area (TPSA) is 12.0 Å². The first-order chi connectivity index (χ1) is 7.34. The van der Waals surface area contributed by atoms with E-state index in [1.165, 1.54) is 0 Å². The second kappa shape index (κ2) is 3.74. The molecule has 1 unspecified atom stereocenters. The maximum absolute atomic E-state index is 12.7. The van der Waals surface area contributed by atoms with Gasteiger partial charge in [0.25, 0.3) is 0 Å². The van der Waals surface area contributed by atoms with Crippen LogP contribution in [0, 0.1) is 6.92 Å². The van der Waals surface area contributed by atoms with Gasteiger partial charge in [0, 0.05) is 15.8 Å². The van der Waals surface area contributed by atoms with Gasteiger partial charge in [-0.15, -0.1) is 11.3 Å². The highest BCUT2D eigenvalue weighted by atomic mass is 32.1. The van der Waals surface area contributed by atoms with Crippen molar-refractivity contribution in [2.24, 2.45) is 0 Å². The first-order valence-corrected chi connectivity index (χ1v) is 6.06. The second-order valence-corrected chi connectivity index (χ2v) is 5.71. The molecule has 90 valence electrons. The van der Waals surface area contributed by atoms with E-state index in [-0.39, 0.29) is 18.9 Å². The lowest BCUT2D eigenvalue weighted by atomic mass is 10.2. The monoisotopic (exact) mass is 249 g/mol. The van der Waals surface area contributed by atoms with Crippen LogP contribution < -0.4 is 5.32 Å². The van der Waals surface area contributed by atoms with Gasteiger partial charge in [0.05, 0.1) is 0 Å². The Bertz CT molecular complexity index is 379. The van der Waals surface area contributed by atoms with Crippen LogP contribution in [0.4, 0.5) is 13.2 Å². The molecule has 1 fully saturated rings. The fraction of sp³-hybridized carbons (Fsp3) is 0.636. The second-order valence-electron chi connectivity index (χ2n) is 4.39. The highest BCUT2D eigenvalue weighted by Crippen LogP contribution is 2.50. The summed E-state index contributed by atoms with van der Waals surface area (Å²) in [5.41, 5.74) is -1.62. The maximum Gasteiger partial charge on any atom is 0.406 e. The molecule has 1 aromatic heterocycles. The van der Waals surface area contributed by atoms with Crippen molar-refractivity contribution in [3.05, 3.63) is 21.9 Å². The van der Waals surface area contributed by atoms with Crippen molar-refractivity contribution in [3.63, 3.8) is 0 Å². The fourth-order valence-corrected chi connectivity index (χ4v) is 2.69. The van der Waals surface area contributed by atoms with Crippen LogP contribution in [-0.4, -0.2) is 11.7 Å². The molecule has 0 bridgehead atoms. The molecule has 5 heteroatoms. The van der Waals surface area contributed by atoms with Crippen molar-refractivity contribution in [2.45, 2.75) is 44.4 Å². The quantitative estimate of drug-likeness (QED) is 0.859. The van der Waals surface area contributed by atoms with Crippen LogP contribution >= 0.6 is 11.3 Å². The standard InChI is InChI=1S/C11H14F3NS/c1-7-3-4-9(16-7)8(2)15-10(5-6-10)11(12,13)14/h3-4,8,15H,5-6H2,1-2H3. The molecular weight excluding hydrogens is 235 g/mol. The van der Waals surface area contributed by atoms with Crippen molar-refractivity contribution < 1.29 is 13.2 Å². The molecular formula is C11H14F3NS. The molecule has 0 saturated heterocycles. The molecule has 1 aliphatic carbocycles. The maximum atomic E-state index is 12.7. The van der Waals surface area contributed by atoms with Gasteiger partial charge in [0.15, 0.2) is 0 Å². The summed E-state index contributed by atoms with van der Waals surface area (Å²) in [6, 6.07) is 3.60. The van der Waals surface area contributed by atoms with Crippen LogP contribution in [0.25, 0.3) is 0 Å². The van der Waals surface area contributed by atoms with Gasteiger partial charge in [-0.2, -0.15) is 13.2 Å². The van der Waals surface area contributed by atoms with Crippen molar-refractivity contribution in [3.8, 4) is 0 Å². The lowest BCUT2D eigenvalue weighted by Crippen LogP contribution is -2.45. The number of aryl methyl sites for hydroxylation is 1. The van der Waals surface area contributed by atoms with Gasteiger partial charge in [-0.1, -0.05) is 0 Å². The Morgan fingerprint density at radius 1 is 1.38 bits per heavy atom. The number of hydrogen-bond donors (Lipinski definition) is 1. The summed E-state index contributed by atoms with van der Waals surface area (Å²) < 4.78 is 38.2. The predicted molar refractivity (Wildman–Crippen MR) is 58.6 cm³/mol. The first-order valence-electron chi connectivity index (χ1n) is 5.25. The van der Waals surface area contributed by atoms with Gasteiger partial charge in [-0.25, -0.2) is 0 Å². The Balaban J connectivity index is 2.06. The molecule has 1 atom stereocenters. The van der Waals surface area contributed by atoms with E-state index in [4.69, 9.17) is 0 Å². The minimum Gasteiger partial charge on any atom is -0.296 e. The average molecular weight is 249 g/mol. The van der Waals surface area contributed by atoms with Gasteiger partial charge in [0.2, 0.25) is 0 Å². The van der Waals surface area contributed by atoms with Crippen LogP contribution in [0.3, 0.4) is 0 Å². The molecule has 0 amide bonds. The van der Waals surface area contributed by atoms with Crippen LogP contribution in [0.15, 0.2) is 12.1 Å². The van der Waals surface area contributed by atoms with Gasteiger partial charge in [0.1, 0.15) is 5.54 Å². The first kappa shape index (κ1) is 11.9. The van der Waals surface area contributed by atoms with E-state index in [0.29, 0.717) is 0 Å². The summed E-state index contributed by atoms with van der Waals surface area (Å²) in [5.74, 6) is 0. The van der Waals surface area contributed by atoms with E-state index in [1.54, 1.807) is 18.3 Å². The molecule has 0 aromatic carbocycles. The van der Waals surface area contributed by atoms with Gasteiger partial charge in [-0.05, 0) is 38.8 Å². The van der Waals surface area contributed by atoms with Gasteiger partial charge in [-0.3, -0.25) is 5.32 Å². The number of alkyl halides is 3. The largest absolute Gasteiger partial charge is 0.406 e. The molecule has 1 aliphatic rings. The lowest BCUT2D eigenvalue weighted by molar-refractivity contribution is -0.167. The van der Waals surface area contributed by atoms with E-state index in [0.717, 1.165) is 9.75 Å². The molecule has 1 aromatic rings. The fourth-order valence-electron chi connectivity index (χ4n) is 1.81. The number of thiophene rings is 1. The van der Waals surface area contributed by atoms with E-state index < -0.39 is 11.7 Å². The zero-order valence-electron chi connectivity index (χ0n) is 9.19. The zero-order chi connectivity index (χ0) is 12.0. The number of rotatable bonds is 3. The molecule has 0 radical (unpaired) electrons. The van der Waals surface area contributed by atoms with Crippen LogP contribution in [0.1, 0.15) is 35.6 Å². The van der Waals surface area contributed by atoms with Crippen molar-refractivity contribution in [2.75, 3.05) is 0 Å². The third-order valence-corrected chi connectivity index (χ3v) is 4.16. The average Bonchev–Trinajstić information content (AvgIpc) is 2.81. The molecule has 16 heavy (non-hydrogen) atoms. The number of hydrogen-bond acceptors (Lipinski definition) is 2. The van der Waals surface area contributed by atoms with Gasteiger partial charge >= 0.3 is 6.18 Å². The molecule has 2 rings (SSSR count). The summed E-state index contributed by atoms with van der Waals surface area (Å²) in [6.45, 7) is 3.74. The Morgan fingerprint density at radius 2 is 2.00 bits per heavy atom. The Hall–Kier alpha value is -0.550. The summed E-state index contributed by atoms with van der Waals surface area (Å²) in [6.07, 6.45) is -3.73. The minimum atomic E-state index is -4.13. The molecule has 1 nitrogen and oxygen atoms in total. The smallest absolute Gasteiger partial charge is 0.296 e. The zero-order valence-corrected chi connectivity index (χ0v) is 10.0. The van der Waals surface area contributed by atoms with Gasteiger partial charge < -0.3 is 0 Å². The van der Waals surface area contributed by atoms with Crippen molar-refractivity contribution >= 4 is 11.3 Å². The normalized spacial score (nSPS) is 20.8. The van der Waals surface area contributed by atoms with Crippen LogP contribution in [0.2, 0.25) is 0 Å². The Kier molecular flexibility index (Phi) is 2.78. The minimum absolute atomic E-state index is 0.200. The lowest BCUT2D eigenvalue weighted by Gasteiger charge is -2.24. The van der Waals surface area contributed by atoms with E-state index in [2.05, 4.69) is 5.32 Å². The predicted octanol–water partition coefficient (Wildman–Crippen LogP) is 3.80. The van der Waals surface area contributed by atoms with Crippen LogP contribution in [-0.2, 0) is 0 Å². The van der Waals surface area contributed by atoms with E-state index in [1.807, 2.05) is 19.1 Å². The highest BCUT2D eigenvalue weighted by molar-refractivity contribution is 7.12. The Morgan fingerprint density at radius 3 is 2.38 bits per heavy atom. The number of halogens is 3. The van der Waals surface area contributed by atoms with Crippen LogP contribution in [0.5, 0.6) is 0 Å². The Labute approximate surface area is 96.7 Å². The van der Waals surface area contributed by atoms with Crippen molar-refractivity contribution in [1.29, 1.82) is 0 Å². The molecule has 0 spiro atoms. The van der Waals surface area contributed by atoms with Crippen molar-refractivity contribution in [1.82, 2.24) is 5.32 Å². The summed E-state index contributed by atoms with van der Waals surface area (Å²) >= 11 is 1.55.